The Hall–Kier alpha value is -0.870. The molecule has 2 fully saturated rings. The fourth-order valence-corrected chi connectivity index (χ4v) is 3.53. The van der Waals surface area contributed by atoms with E-state index < -0.39 is 0 Å². The van der Waals surface area contributed by atoms with Crippen LogP contribution in [0.25, 0.3) is 10.2 Å². The summed E-state index contributed by atoms with van der Waals surface area (Å²) in [5, 5.41) is 2.45. The van der Waals surface area contributed by atoms with Gasteiger partial charge >= 0.3 is 0 Å². The molecule has 100 valence electrons. The zero-order valence-electron chi connectivity index (χ0n) is 10.7. The number of fused-ring (bicyclic) bond motifs is 1. The number of anilines is 1. The van der Waals surface area contributed by atoms with Crippen LogP contribution >= 0.6 is 22.9 Å². The molecule has 19 heavy (non-hydrogen) atoms. The predicted octanol–water partition coefficient (Wildman–Crippen LogP) is 3.97. The van der Waals surface area contributed by atoms with Crippen molar-refractivity contribution in [2.45, 2.75) is 25.7 Å². The average Bonchev–Trinajstić information content (AvgIpc) is 3.30. The van der Waals surface area contributed by atoms with Crippen molar-refractivity contribution in [2.24, 2.45) is 11.8 Å². The first-order valence-corrected chi connectivity index (χ1v) is 8.21. The quantitative estimate of drug-likeness (QED) is 0.781. The number of halogens is 1. The van der Waals surface area contributed by atoms with Crippen molar-refractivity contribution in [2.75, 3.05) is 18.0 Å². The fraction of sp³-hybridized carbons (Fsp3) is 0.571. The van der Waals surface area contributed by atoms with Crippen LogP contribution < -0.4 is 4.90 Å². The van der Waals surface area contributed by atoms with Crippen LogP contribution in [0.1, 0.15) is 25.7 Å². The van der Waals surface area contributed by atoms with Gasteiger partial charge in [-0.2, -0.15) is 4.98 Å². The first kappa shape index (κ1) is 11.9. The van der Waals surface area contributed by atoms with E-state index in [4.69, 9.17) is 11.6 Å². The molecule has 0 aliphatic heterocycles. The third-order valence-corrected chi connectivity index (χ3v) is 4.98. The van der Waals surface area contributed by atoms with Crippen molar-refractivity contribution in [3.8, 4) is 0 Å². The minimum Gasteiger partial charge on any atom is -0.355 e. The Bertz CT molecular complexity index is 590. The molecule has 0 unspecified atom stereocenters. The van der Waals surface area contributed by atoms with Crippen LogP contribution in [0.15, 0.2) is 11.4 Å². The molecule has 2 saturated carbocycles. The second-order valence-electron chi connectivity index (χ2n) is 5.74. The van der Waals surface area contributed by atoms with Crippen molar-refractivity contribution >= 4 is 39.0 Å². The van der Waals surface area contributed by atoms with Gasteiger partial charge in [0.25, 0.3) is 0 Å². The van der Waals surface area contributed by atoms with E-state index in [0.29, 0.717) is 5.28 Å². The van der Waals surface area contributed by atoms with Crippen LogP contribution in [0.4, 0.5) is 5.82 Å². The summed E-state index contributed by atoms with van der Waals surface area (Å²) in [7, 11) is 0. The van der Waals surface area contributed by atoms with Gasteiger partial charge in [0.05, 0.1) is 10.2 Å². The van der Waals surface area contributed by atoms with E-state index in [1.54, 1.807) is 11.3 Å². The Kier molecular flexibility index (Phi) is 2.88. The van der Waals surface area contributed by atoms with Gasteiger partial charge in [-0.05, 0) is 60.6 Å². The lowest BCUT2D eigenvalue weighted by Crippen LogP contribution is -2.29. The first-order valence-electron chi connectivity index (χ1n) is 6.95. The summed E-state index contributed by atoms with van der Waals surface area (Å²) in [5.41, 5.74) is 0.983. The molecular formula is C14H16ClN3S. The molecule has 0 aromatic carbocycles. The van der Waals surface area contributed by atoms with E-state index in [0.717, 1.165) is 36.3 Å². The monoisotopic (exact) mass is 293 g/mol. The van der Waals surface area contributed by atoms with Crippen LogP contribution in [-0.2, 0) is 0 Å². The fourth-order valence-electron chi connectivity index (χ4n) is 2.51. The van der Waals surface area contributed by atoms with Crippen molar-refractivity contribution in [3.63, 3.8) is 0 Å². The van der Waals surface area contributed by atoms with E-state index in [1.807, 2.05) is 6.07 Å². The highest BCUT2D eigenvalue weighted by Gasteiger charge is 2.31. The van der Waals surface area contributed by atoms with E-state index in [2.05, 4.69) is 20.2 Å². The average molecular weight is 294 g/mol. The third-order valence-electron chi connectivity index (χ3n) is 3.91. The minimum atomic E-state index is 0.373. The van der Waals surface area contributed by atoms with Gasteiger partial charge in [-0.1, -0.05) is 0 Å². The molecule has 0 amide bonds. The molecule has 5 heteroatoms. The minimum absolute atomic E-state index is 0.373. The zero-order chi connectivity index (χ0) is 12.8. The SMILES string of the molecule is Clc1nc(N(CC2CC2)CC2CC2)c2sccc2n1. The smallest absolute Gasteiger partial charge is 0.224 e. The summed E-state index contributed by atoms with van der Waals surface area (Å²) in [5.74, 6) is 2.79. The molecule has 0 spiro atoms. The maximum atomic E-state index is 6.08. The van der Waals surface area contributed by atoms with E-state index in [1.165, 1.54) is 30.4 Å². The Morgan fingerprint density at radius 2 is 1.84 bits per heavy atom. The molecule has 2 aromatic rings. The van der Waals surface area contributed by atoms with Gasteiger partial charge in [-0.25, -0.2) is 4.98 Å². The summed E-state index contributed by atoms with van der Waals surface area (Å²) in [6.45, 7) is 2.27. The zero-order valence-corrected chi connectivity index (χ0v) is 12.3. The Labute approximate surface area is 121 Å². The van der Waals surface area contributed by atoms with Crippen LogP contribution in [0, 0.1) is 11.8 Å². The number of hydrogen-bond acceptors (Lipinski definition) is 4. The lowest BCUT2D eigenvalue weighted by atomic mass is 10.3. The highest BCUT2D eigenvalue weighted by atomic mass is 35.5. The molecule has 0 bridgehead atoms. The number of nitrogens with zero attached hydrogens (tertiary/aromatic N) is 3. The van der Waals surface area contributed by atoms with Crippen LogP contribution in [0.5, 0.6) is 0 Å². The maximum absolute atomic E-state index is 6.08. The normalized spacial score (nSPS) is 19.0. The van der Waals surface area contributed by atoms with Gasteiger partial charge in [-0.15, -0.1) is 11.3 Å². The topological polar surface area (TPSA) is 29.0 Å². The highest BCUT2D eigenvalue weighted by molar-refractivity contribution is 7.17. The number of aromatic nitrogens is 2. The molecule has 0 radical (unpaired) electrons. The van der Waals surface area contributed by atoms with Crippen LogP contribution in [0.3, 0.4) is 0 Å². The summed E-state index contributed by atoms with van der Waals surface area (Å²) in [6.07, 6.45) is 5.47. The van der Waals surface area contributed by atoms with Gasteiger partial charge in [-0.3, -0.25) is 0 Å². The molecule has 0 atom stereocenters. The molecule has 2 aliphatic rings. The molecule has 0 saturated heterocycles. The summed E-state index contributed by atoms with van der Waals surface area (Å²) < 4.78 is 1.19. The molecule has 3 nitrogen and oxygen atoms in total. The molecule has 0 N–H and O–H groups in total. The number of hydrogen-bond donors (Lipinski definition) is 0. The van der Waals surface area contributed by atoms with Crippen molar-refractivity contribution in [1.29, 1.82) is 0 Å². The standard InChI is InChI=1S/C14H16ClN3S/c15-14-16-11-5-6-19-12(11)13(17-14)18(7-9-1-2-9)8-10-3-4-10/h5-6,9-10H,1-4,7-8H2. The molecule has 2 aliphatic carbocycles. The predicted molar refractivity (Wildman–Crippen MR) is 80.1 cm³/mol. The van der Waals surface area contributed by atoms with Crippen molar-refractivity contribution in [3.05, 3.63) is 16.7 Å². The van der Waals surface area contributed by atoms with Crippen LogP contribution in [-0.4, -0.2) is 23.1 Å². The first-order chi connectivity index (χ1) is 9.29. The highest BCUT2D eigenvalue weighted by Crippen LogP contribution is 2.38. The Morgan fingerprint density at radius 3 is 2.47 bits per heavy atom. The van der Waals surface area contributed by atoms with E-state index >= 15 is 0 Å². The van der Waals surface area contributed by atoms with Gasteiger partial charge < -0.3 is 4.90 Å². The summed E-state index contributed by atoms with van der Waals surface area (Å²) in [4.78, 5) is 11.3. The largest absolute Gasteiger partial charge is 0.355 e. The lowest BCUT2D eigenvalue weighted by molar-refractivity contribution is 0.674. The van der Waals surface area contributed by atoms with Crippen LogP contribution in [0.2, 0.25) is 5.28 Å². The lowest BCUT2D eigenvalue weighted by Gasteiger charge is -2.24. The van der Waals surface area contributed by atoms with Gasteiger partial charge in [0.1, 0.15) is 0 Å². The Balaban J connectivity index is 1.72. The van der Waals surface area contributed by atoms with Crippen molar-refractivity contribution < 1.29 is 0 Å². The molecule has 4 rings (SSSR count). The molecule has 2 aromatic heterocycles. The molecular weight excluding hydrogens is 278 g/mol. The van der Waals surface area contributed by atoms with Crippen molar-refractivity contribution in [1.82, 2.24) is 9.97 Å². The number of rotatable bonds is 5. The second-order valence-corrected chi connectivity index (χ2v) is 7.00. The van der Waals surface area contributed by atoms with Gasteiger partial charge in [0.15, 0.2) is 5.82 Å². The van der Waals surface area contributed by atoms with Gasteiger partial charge in [0.2, 0.25) is 5.28 Å². The third kappa shape index (κ3) is 2.56. The Morgan fingerprint density at radius 1 is 1.16 bits per heavy atom. The second kappa shape index (κ2) is 4.60. The molecule has 2 heterocycles. The van der Waals surface area contributed by atoms with E-state index in [9.17, 15) is 0 Å². The summed E-state index contributed by atoms with van der Waals surface area (Å²) >= 11 is 7.81. The van der Waals surface area contributed by atoms with E-state index in [-0.39, 0.29) is 0 Å². The van der Waals surface area contributed by atoms with Gasteiger partial charge in [0, 0.05) is 13.1 Å². The summed E-state index contributed by atoms with van der Waals surface area (Å²) in [6, 6.07) is 2.03. The number of thiophene rings is 1. The maximum Gasteiger partial charge on any atom is 0.224 e.